The predicted octanol–water partition coefficient (Wildman–Crippen LogP) is 1.35. The molecule has 0 aliphatic heterocycles. The van der Waals surface area contributed by atoms with Crippen molar-refractivity contribution in [2.45, 2.75) is 13.0 Å². The van der Waals surface area contributed by atoms with E-state index in [-0.39, 0.29) is 18.2 Å². The van der Waals surface area contributed by atoms with Crippen LogP contribution >= 0.6 is 0 Å². The minimum Gasteiger partial charge on any atom is -0.345 e. The van der Waals surface area contributed by atoms with E-state index in [1.807, 2.05) is 0 Å². The number of carbonyl (C=O) groups is 1. The molecule has 4 N–H and O–H groups in total. The standard InChI is InChI=1S/C15H15FN4O/c1-10(12-8-18-19-9-12)20-15(21)13-7-11(3-2-6-17)4-5-14(13)16/h4-5,7-10H,6,17H2,1H3,(H,18,19)(H,20,21). The second-order valence-corrected chi connectivity index (χ2v) is 4.43. The molecule has 0 bridgehead atoms. The number of benzene rings is 1. The lowest BCUT2D eigenvalue weighted by Crippen LogP contribution is -2.27. The summed E-state index contributed by atoms with van der Waals surface area (Å²) in [6, 6.07) is 3.86. The van der Waals surface area contributed by atoms with Crippen molar-refractivity contribution in [3.05, 3.63) is 53.1 Å². The van der Waals surface area contributed by atoms with Crippen LogP contribution in [-0.2, 0) is 0 Å². The van der Waals surface area contributed by atoms with E-state index >= 15 is 0 Å². The lowest BCUT2D eigenvalue weighted by atomic mass is 10.1. The molecule has 1 aromatic carbocycles. The maximum atomic E-state index is 13.8. The fourth-order valence-corrected chi connectivity index (χ4v) is 1.79. The zero-order valence-electron chi connectivity index (χ0n) is 11.5. The summed E-state index contributed by atoms with van der Waals surface area (Å²) >= 11 is 0. The van der Waals surface area contributed by atoms with Crippen LogP contribution in [0.2, 0.25) is 0 Å². The van der Waals surface area contributed by atoms with Gasteiger partial charge in [-0.1, -0.05) is 11.8 Å². The molecular weight excluding hydrogens is 271 g/mol. The first-order valence-electron chi connectivity index (χ1n) is 6.40. The van der Waals surface area contributed by atoms with Crippen LogP contribution in [0, 0.1) is 17.7 Å². The number of rotatable bonds is 3. The van der Waals surface area contributed by atoms with Gasteiger partial charge in [0.25, 0.3) is 5.91 Å². The largest absolute Gasteiger partial charge is 0.345 e. The highest BCUT2D eigenvalue weighted by Crippen LogP contribution is 2.14. The van der Waals surface area contributed by atoms with Crippen molar-refractivity contribution in [1.82, 2.24) is 15.5 Å². The summed E-state index contributed by atoms with van der Waals surface area (Å²) < 4.78 is 13.8. The summed E-state index contributed by atoms with van der Waals surface area (Å²) in [5.74, 6) is 4.34. The van der Waals surface area contributed by atoms with E-state index in [2.05, 4.69) is 27.4 Å². The van der Waals surface area contributed by atoms with Crippen LogP contribution in [0.1, 0.15) is 34.5 Å². The molecule has 0 saturated carbocycles. The van der Waals surface area contributed by atoms with Crippen LogP contribution in [0.5, 0.6) is 0 Å². The zero-order chi connectivity index (χ0) is 15.2. The predicted molar refractivity (Wildman–Crippen MR) is 76.8 cm³/mol. The molecule has 2 rings (SSSR count). The minimum absolute atomic E-state index is 0.0471. The summed E-state index contributed by atoms with van der Waals surface area (Å²) in [6.07, 6.45) is 3.27. The molecule has 21 heavy (non-hydrogen) atoms. The third-order valence-corrected chi connectivity index (χ3v) is 2.91. The van der Waals surface area contributed by atoms with Crippen LogP contribution in [-0.4, -0.2) is 22.6 Å². The first-order chi connectivity index (χ1) is 10.1. The van der Waals surface area contributed by atoms with E-state index in [4.69, 9.17) is 5.73 Å². The highest BCUT2D eigenvalue weighted by molar-refractivity contribution is 5.95. The van der Waals surface area contributed by atoms with Crippen LogP contribution in [0.15, 0.2) is 30.6 Å². The van der Waals surface area contributed by atoms with Crippen LogP contribution in [0.3, 0.4) is 0 Å². The van der Waals surface area contributed by atoms with Gasteiger partial charge in [-0.05, 0) is 25.1 Å². The molecule has 1 aromatic heterocycles. The molecule has 1 heterocycles. The Morgan fingerprint density at radius 1 is 1.57 bits per heavy atom. The third kappa shape index (κ3) is 3.68. The van der Waals surface area contributed by atoms with Crippen molar-refractivity contribution in [3.63, 3.8) is 0 Å². The fourth-order valence-electron chi connectivity index (χ4n) is 1.79. The number of nitrogens with two attached hydrogens (primary N) is 1. The summed E-state index contributed by atoms with van der Waals surface area (Å²) in [5, 5.41) is 9.18. The summed E-state index contributed by atoms with van der Waals surface area (Å²) in [7, 11) is 0. The first kappa shape index (κ1) is 14.8. The summed E-state index contributed by atoms with van der Waals surface area (Å²) in [4.78, 5) is 12.1. The van der Waals surface area contributed by atoms with Crippen molar-refractivity contribution >= 4 is 5.91 Å². The highest BCUT2D eigenvalue weighted by atomic mass is 19.1. The number of carbonyl (C=O) groups excluding carboxylic acids is 1. The molecule has 0 radical (unpaired) electrons. The third-order valence-electron chi connectivity index (χ3n) is 2.91. The molecule has 2 aromatic rings. The van der Waals surface area contributed by atoms with Gasteiger partial charge in [-0.25, -0.2) is 4.39 Å². The topological polar surface area (TPSA) is 83.8 Å². The van der Waals surface area contributed by atoms with Crippen LogP contribution in [0.4, 0.5) is 4.39 Å². The van der Waals surface area contributed by atoms with Gasteiger partial charge < -0.3 is 11.1 Å². The molecule has 108 valence electrons. The zero-order valence-corrected chi connectivity index (χ0v) is 11.5. The normalized spacial score (nSPS) is 11.4. The molecule has 0 saturated heterocycles. The number of H-pyrrole nitrogens is 1. The van der Waals surface area contributed by atoms with Gasteiger partial charge in [0.1, 0.15) is 5.82 Å². The Morgan fingerprint density at radius 2 is 2.38 bits per heavy atom. The molecule has 0 spiro atoms. The lowest BCUT2D eigenvalue weighted by molar-refractivity contribution is 0.0936. The van der Waals surface area contributed by atoms with E-state index in [9.17, 15) is 9.18 Å². The number of nitrogens with one attached hydrogen (secondary N) is 2. The monoisotopic (exact) mass is 286 g/mol. The fraction of sp³-hybridized carbons (Fsp3) is 0.200. The van der Waals surface area contributed by atoms with Gasteiger partial charge in [-0.2, -0.15) is 5.10 Å². The molecule has 1 amide bonds. The van der Waals surface area contributed by atoms with Crippen LogP contribution < -0.4 is 11.1 Å². The quantitative estimate of drug-likeness (QED) is 0.745. The molecular formula is C15H15FN4O. The Balaban J connectivity index is 2.18. The molecule has 0 aliphatic carbocycles. The molecule has 0 aliphatic rings. The summed E-state index contributed by atoms with van der Waals surface area (Å²) in [5.41, 5.74) is 6.59. The smallest absolute Gasteiger partial charge is 0.254 e. The summed E-state index contributed by atoms with van der Waals surface area (Å²) in [6.45, 7) is 2.00. The maximum Gasteiger partial charge on any atom is 0.254 e. The van der Waals surface area contributed by atoms with Gasteiger partial charge >= 0.3 is 0 Å². The van der Waals surface area contributed by atoms with Gasteiger partial charge in [0.2, 0.25) is 0 Å². The van der Waals surface area contributed by atoms with E-state index in [0.717, 1.165) is 5.56 Å². The van der Waals surface area contributed by atoms with E-state index < -0.39 is 11.7 Å². The number of aromatic amines is 1. The van der Waals surface area contributed by atoms with Gasteiger partial charge in [0, 0.05) is 17.3 Å². The SMILES string of the molecule is CC(NC(=O)c1cc(C#CCN)ccc1F)c1cn[nH]c1. The van der Waals surface area contributed by atoms with Gasteiger partial charge in [0.15, 0.2) is 0 Å². The van der Waals surface area contributed by atoms with Crippen molar-refractivity contribution in [2.75, 3.05) is 6.54 Å². The molecule has 1 atom stereocenters. The molecule has 5 nitrogen and oxygen atoms in total. The number of hydrogen-bond acceptors (Lipinski definition) is 3. The number of hydrogen-bond donors (Lipinski definition) is 3. The Bertz CT molecular complexity index is 685. The average Bonchev–Trinajstić information content (AvgIpc) is 3.00. The average molecular weight is 286 g/mol. The highest BCUT2D eigenvalue weighted by Gasteiger charge is 2.16. The Labute approximate surface area is 121 Å². The number of nitrogens with zero attached hydrogens (tertiary/aromatic N) is 1. The Kier molecular flexibility index (Phi) is 4.69. The van der Waals surface area contributed by atoms with E-state index in [1.165, 1.54) is 18.2 Å². The number of aromatic nitrogens is 2. The first-order valence-corrected chi connectivity index (χ1v) is 6.40. The molecule has 6 heteroatoms. The molecule has 1 unspecified atom stereocenters. The second kappa shape index (κ2) is 6.68. The minimum atomic E-state index is -0.592. The Hall–Kier alpha value is -2.65. The van der Waals surface area contributed by atoms with E-state index in [0.29, 0.717) is 5.56 Å². The van der Waals surface area contributed by atoms with E-state index in [1.54, 1.807) is 19.3 Å². The second-order valence-electron chi connectivity index (χ2n) is 4.43. The lowest BCUT2D eigenvalue weighted by Gasteiger charge is -2.12. The Morgan fingerprint density at radius 3 is 3.05 bits per heavy atom. The van der Waals surface area contributed by atoms with Crippen LogP contribution in [0.25, 0.3) is 0 Å². The van der Waals surface area contributed by atoms with Crippen molar-refractivity contribution in [2.24, 2.45) is 5.73 Å². The van der Waals surface area contributed by atoms with Crippen molar-refractivity contribution in [1.29, 1.82) is 0 Å². The maximum absolute atomic E-state index is 13.8. The van der Waals surface area contributed by atoms with Gasteiger partial charge in [-0.3, -0.25) is 9.89 Å². The van der Waals surface area contributed by atoms with Gasteiger partial charge in [-0.15, -0.1) is 0 Å². The van der Waals surface area contributed by atoms with Crippen molar-refractivity contribution in [3.8, 4) is 11.8 Å². The number of halogens is 1. The van der Waals surface area contributed by atoms with Gasteiger partial charge in [0.05, 0.1) is 24.3 Å². The molecule has 0 fully saturated rings. The van der Waals surface area contributed by atoms with Crippen molar-refractivity contribution < 1.29 is 9.18 Å². The number of amides is 1.